The standard InChI is InChI=1S/C39H74N2O11/c1-13-17-40-21-28-27(8)49-31(19-38(28,10)47-12)51-32-24(5)34(52-36-29(42)16-15-23(4)48-36)37(9,45)18-22(3)20-41-26(7)33(43)39(11,46)30(14-2)50-35(44)25(32)6/h22-34,36,40-43,45-46H,13-21H2,1-12H3/t22-,23-,24+,25-,26-,27+,28?,29-,30-,31+,32+,33-,34-,36+,37-,38-,39-/m1/s1. The number of carbonyl (C=O) groups is 1. The van der Waals surface area contributed by atoms with Crippen LogP contribution in [0.3, 0.4) is 0 Å². The molecule has 52 heavy (non-hydrogen) atoms. The van der Waals surface area contributed by atoms with Gasteiger partial charge in [0.25, 0.3) is 0 Å². The number of rotatable bonds is 10. The molecule has 13 nitrogen and oxygen atoms in total. The van der Waals surface area contributed by atoms with Gasteiger partial charge in [0.2, 0.25) is 0 Å². The van der Waals surface area contributed by atoms with Gasteiger partial charge in [-0.1, -0.05) is 27.7 Å². The lowest BCUT2D eigenvalue weighted by Crippen LogP contribution is -2.59. The van der Waals surface area contributed by atoms with E-state index >= 15 is 0 Å². The molecule has 0 aliphatic carbocycles. The number of hydrogen-bond donors (Lipinski definition) is 6. The Morgan fingerprint density at radius 2 is 1.63 bits per heavy atom. The molecule has 3 rings (SSSR count). The van der Waals surface area contributed by atoms with Gasteiger partial charge in [0.1, 0.15) is 23.9 Å². The van der Waals surface area contributed by atoms with Gasteiger partial charge >= 0.3 is 5.97 Å². The fourth-order valence-electron chi connectivity index (χ4n) is 8.66. The van der Waals surface area contributed by atoms with E-state index in [0.29, 0.717) is 32.4 Å². The minimum absolute atomic E-state index is 0.0249. The van der Waals surface area contributed by atoms with Crippen molar-refractivity contribution in [2.24, 2.45) is 23.7 Å². The number of esters is 1. The van der Waals surface area contributed by atoms with Gasteiger partial charge in [0, 0.05) is 38.0 Å². The summed E-state index contributed by atoms with van der Waals surface area (Å²) in [5, 5.41) is 53.1. The first-order valence-electron chi connectivity index (χ1n) is 19.8. The Hall–Kier alpha value is -0.970. The molecule has 0 radical (unpaired) electrons. The van der Waals surface area contributed by atoms with Crippen LogP contribution in [-0.2, 0) is 33.2 Å². The molecule has 306 valence electrons. The van der Waals surface area contributed by atoms with Crippen molar-refractivity contribution >= 4 is 5.97 Å². The molecule has 3 heterocycles. The summed E-state index contributed by atoms with van der Waals surface area (Å²) >= 11 is 0. The van der Waals surface area contributed by atoms with E-state index in [2.05, 4.69) is 17.6 Å². The van der Waals surface area contributed by atoms with Crippen molar-refractivity contribution in [1.82, 2.24) is 10.6 Å². The molecule has 3 fully saturated rings. The van der Waals surface area contributed by atoms with Crippen LogP contribution in [0.15, 0.2) is 0 Å². The molecule has 6 N–H and O–H groups in total. The Morgan fingerprint density at radius 3 is 2.25 bits per heavy atom. The predicted molar refractivity (Wildman–Crippen MR) is 197 cm³/mol. The molecule has 0 aromatic carbocycles. The van der Waals surface area contributed by atoms with Crippen LogP contribution in [0, 0.1) is 23.7 Å². The van der Waals surface area contributed by atoms with E-state index in [-0.39, 0.29) is 36.9 Å². The lowest BCUT2D eigenvalue weighted by atomic mass is 9.77. The summed E-state index contributed by atoms with van der Waals surface area (Å²) in [6.45, 7) is 22.4. The van der Waals surface area contributed by atoms with Crippen LogP contribution in [0.2, 0.25) is 0 Å². The summed E-state index contributed by atoms with van der Waals surface area (Å²) in [7, 11) is 1.69. The van der Waals surface area contributed by atoms with Gasteiger partial charge in [0.05, 0.1) is 41.5 Å². The van der Waals surface area contributed by atoms with Gasteiger partial charge < -0.3 is 59.5 Å². The van der Waals surface area contributed by atoms with Crippen molar-refractivity contribution in [3.05, 3.63) is 0 Å². The maximum Gasteiger partial charge on any atom is 0.311 e. The molecule has 1 unspecified atom stereocenters. The van der Waals surface area contributed by atoms with Gasteiger partial charge in [-0.3, -0.25) is 4.79 Å². The molecular weight excluding hydrogens is 672 g/mol. The zero-order chi connectivity index (χ0) is 39.2. The van der Waals surface area contributed by atoms with Crippen molar-refractivity contribution in [2.75, 3.05) is 26.7 Å². The molecule has 0 aromatic heterocycles. The highest BCUT2D eigenvalue weighted by Crippen LogP contribution is 2.41. The predicted octanol–water partition coefficient (Wildman–Crippen LogP) is 3.27. The Kier molecular flexibility index (Phi) is 16.8. The number of methoxy groups -OCH3 is 1. The minimum atomic E-state index is -1.77. The van der Waals surface area contributed by atoms with Crippen molar-refractivity contribution in [1.29, 1.82) is 0 Å². The van der Waals surface area contributed by atoms with Gasteiger partial charge in [-0.15, -0.1) is 0 Å². The minimum Gasteiger partial charge on any atom is -0.459 e. The number of aliphatic hydroxyl groups excluding tert-OH is 2. The monoisotopic (exact) mass is 747 g/mol. The average Bonchev–Trinajstić information content (AvgIpc) is 3.08. The van der Waals surface area contributed by atoms with Crippen molar-refractivity contribution in [3.63, 3.8) is 0 Å². The smallest absolute Gasteiger partial charge is 0.311 e. The van der Waals surface area contributed by atoms with E-state index in [4.69, 9.17) is 28.4 Å². The molecule has 3 saturated heterocycles. The number of hydrogen-bond acceptors (Lipinski definition) is 13. The van der Waals surface area contributed by atoms with Crippen LogP contribution in [0.4, 0.5) is 0 Å². The summed E-state index contributed by atoms with van der Waals surface area (Å²) < 4.78 is 38.3. The number of ether oxygens (including phenoxy) is 6. The fraction of sp³-hybridized carbons (Fsp3) is 0.974. The molecule has 0 aromatic rings. The van der Waals surface area contributed by atoms with E-state index in [0.717, 1.165) is 13.0 Å². The van der Waals surface area contributed by atoms with E-state index in [9.17, 15) is 25.2 Å². The highest BCUT2D eigenvalue weighted by molar-refractivity contribution is 5.73. The molecule has 0 amide bonds. The van der Waals surface area contributed by atoms with Crippen molar-refractivity contribution in [2.45, 2.75) is 193 Å². The number of nitrogens with one attached hydrogen (secondary N) is 2. The zero-order valence-corrected chi connectivity index (χ0v) is 34.1. The average molecular weight is 747 g/mol. The summed E-state index contributed by atoms with van der Waals surface area (Å²) in [4.78, 5) is 14.2. The Bertz CT molecular complexity index is 1100. The van der Waals surface area contributed by atoms with Crippen LogP contribution < -0.4 is 10.6 Å². The first-order valence-corrected chi connectivity index (χ1v) is 19.8. The lowest BCUT2D eigenvalue weighted by molar-refractivity contribution is -0.309. The molecule has 13 heteroatoms. The molecule has 0 bridgehead atoms. The van der Waals surface area contributed by atoms with Crippen LogP contribution in [-0.4, -0.2) is 131 Å². The third-order valence-electron chi connectivity index (χ3n) is 12.1. The fourth-order valence-corrected chi connectivity index (χ4v) is 8.66. The van der Waals surface area contributed by atoms with Gasteiger partial charge in [-0.25, -0.2) is 0 Å². The van der Waals surface area contributed by atoms with E-state index in [1.807, 2.05) is 34.6 Å². The second-order valence-corrected chi connectivity index (χ2v) is 16.9. The largest absolute Gasteiger partial charge is 0.459 e. The normalized spacial score (nSPS) is 47.7. The van der Waals surface area contributed by atoms with Gasteiger partial charge in [-0.2, -0.15) is 0 Å². The first-order chi connectivity index (χ1) is 24.2. The maximum atomic E-state index is 14.2. The van der Waals surface area contributed by atoms with E-state index in [1.54, 1.807) is 34.8 Å². The molecule has 0 spiro atoms. The molecular formula is C39H74N2O11. The van der Waals surface area contributed by atoms with Crippen LogP contribution in [0.1, 0.15) is 115 Å². The van der Waals surface area contributed by atoms with Crippen LogP contribution >= 0.6 is 0 Å². The van der Waals surface area contributed by atoms with Crippen LogP contribution in [0.25, 0.3) is 0 Å². The molecule has 3 aliphatic heterocycles. The molecule has 17 atom stereocenters. The lowest BCUT2D eigenvalue weighted by Gasteiger charge is -2.49. The summed E-state index contributed by atoms with van der Waals surface area (Å²) in [5.74, 6) is -2.34. The van der Waals surface area contributed by atoms with Gasteiger partial charge in [0.15, 0.2) is 12.6 Å². The second-order valence-electron chi connectivity index (χ2n) is 16.9. The summed E-state index contributed by atoms with van der Waals surface area (Å²) in [6.07, 6.45) is -4.26. The second kappa shape index (κ2) is 19.3. The van der Waals surface area contributed by atoms with E-state index in [1.165, 1.54) is 6.92 Å². The Balaban J connectivity index is 2.10. The van der Waals surface area contributed by atoms with E-state index < -0.39 is 83.7 Å². The quantitative estimate of drug-likeness (QED) is 0.142. The summed E-state index contributed by atoms with van der Waals surface area (Å²) in [5.41, 5.74) is -3.88. The SMILES string of the molecule is CCCNCC1[C@H](C)O[C@@H](O[C@H]2[C@H](C)[C@@H](O[C@@H]3O[C@H](C)CC[C@H]3O)[C@](C)(O)C[C@@H](C)CN[C@H](C)[C@@H](O)[C@](C)(O)[C@@H](CC)OC(=O)[C@@H]2C)C[C@@]1(C)OC. The number of cyclic esters (lactones) is 1. The topological polar surface area (TPSA) is 177 Å². The Labute approximate surface area is 313 Å². The molecule has 0 saturated carbocycles. The van der Waals surface area contributed by atoms with Gasteiger partial charge in [-0.05, 0) is 99.6 Å². The van der Waals surface area contributed by atoms with Crippen LogP contribution in [0.5, 0.6) is 0 Å². The number of aliphatic hydroxyl groups is 4. The first kappa shape index (κ1) is 45.4. The van der Waals surface area contributed by atoms with Crippen molar-refractivity contribution in [3.8, 4) is 0 Å². The maximum absolute atomic E-state index is 14.2. The third kappa shape index (κ3) is 11.1. The Morgan fingerprint density at radius 1 is 0.962 bits per heavy atom. The zero-order valence-electron chi connectivity index (χ0n) is 34.1. The molecule has 3 aliphatic rings. The third-order valence-corrected chi connectivity index (χ3v) is 12.1. The highest BCUT2D eigenvalue weighted by Gasteiger charge is 2.52. The van der Waals surface area contributed by atoms with Crippen molar-refractivity contribution < 1.29 is 53.6 Å². The highest BCUT2D eigenvalue weighted by atomic mass is 16.7. The number of carbonyl (C=O) groups excluding carboxylic acids is 1. The summed E-state index contributed by atoms with van der Waals surface area (Å²) in [6, 6.07) is -0.562.